The average Bonchev–Trinajstić information content (AvgIpc) is 3.46. The molecule has 4 aromatic rings. The predicted molar refractivity (Wildman–Crippen MR) is 124 cm³/mol. The Morgan fingerprint density at radius 2 is 2.00 bits per heavy atom. The molecule has 1 aliphatic heterocycles. The van der Waals surface area contributed by atoms with E-state index in [-0.39, 0.29) is 5.82 Å². The number of aromatic nitrogens is 5. The Bertz CT molecular complexity index is 1230. The summed E-state index contributed by atoms with van der Waals surface area (Å²) in [6, 6.07) is 14.8. The molecule has 7 nitrogen and oxygen atoms in total. The Kier molecular flexibility index (Phi) is 5.92. The third-order valence-corrected chi connectivity index (χ3v) is 6.25. The van der Waals surface area contributed by atoms with Crippen LogP contribution in [0.25, 0.3) is 16.9 Å². The summed E-state index contributed by atoms with van der Waals surface area (Å²) in [7, 11) is 3.52. The minimum absolute atomic E-state index is 0.330. The highest BCUT2D eigenvalue weighted by Gasteiger charge is 2.26. The lowest BCUT2D eigenvalue weighted by molar-refractivity contribution is 0.195. The molecule has 1 fully saturated rings. The fraction of sp³-hybridized carbons (Fsp3) is 0.320. The Balaban J connectivity index is 1.48. The van der Waals surface area contributed by atoms with Crippen LogP contribution in [0, 0.1) is 5.82 Å². The molecule has 2 aromatic heterocycles. The highest BCUT2D eigenvalue weighted by Crippen LogP contribution is 2.31. The summed E-state index contributed by atoms with van der Waals surface area (Å²) < 4.78 is 24.0. The standard InChI is InChI=1S/C25H27FN6O/c1-30-17-27-28-25(30)18-7-6-12-31(14-18)15-19-16-32(20-8-4-3-5-9-20)29-24(19)22-11-10-21(33-2)13-23(22)26/h3-5,8-11,13,16-18H,6-7,12,14-15H2,1-2H3/t18-/m0/s1. The number of nitrogens with zero attached hydrogens (tertiary/aromatic N) is 6. The number of ether oxygens (including phenoxy) is 1. The number of benzene rings is 2. The number of para-hydroxylation sites is 1. The summed E-state index contributed by atoms with van der Waals surface area (Å²) in [5, 5.41) is 13.2. The van der Waals surface area contributed by atoms with Gasteiger partial charge in [0.15, 0.2) is 0 Å². The summed E-state index contributed by atoms with van der Waals surface area (Å²) in [5.41, 5.74) is 3.05. The molecule has 8 heteroatoms. The van der Waals surface area contributed by atoms with Gasteiger partial charge in [-0.2, -0.15) is 5.10 Å². The molecule has 0 aliphatic carbocycles. The van der Waals surface area contributed by atoms with Crippen LogP contribution in [-0.2, 0) is 13.6 Å². The maximum Gasteiger partial charge on any atom is 0.136 e. The first kappa shape index (κ1) is 21.3. The first-order valence-electron chi connectivity index (χ1n) is 11.2. The Morgan fingerprint density at radius 3 is 2.73 bits per heavy atom. The first-order valence-corrected chi connectivity index (χ1v) is 11.2. The number of likely N-dealkylation sites (tertiary alicyclic amines) is 1. The lowest BCUT2D eigenvalue weighted by Crippen LogP contribution is -2.34. The van der Waals surface area contributed by atoms with E-state index >= 15 is 4.39 Å². The van der Waals surface area contributed by atoms with Gasteiger partial charge in [-0.1, -0.05) is 18.2 Å². The van der Waals surface area contributed by atoms with Crippen molar-refractivity contribution in [3.05, 3.63) is 78.3 Å². The number of aryl methyl sites for hydroxylation is 1. The normalized spacial score (nSPS) is 16.8. The van der Waals surface area contributed by atoms with Gasteiger partial charge in [-0.15, -0.1) is 10.2 Å². The molecule has 0 amide bonds. The molecule has 3 heterocycles. The molecule has 1 aliphatic rings. The van der Waals surface area contributed by atoms with Crippen molar-refractivity contribution in [3.63, 3.8) is 0 Å². The SMILES string of the molecule is COc1ccc(-c2nn(-c3ccccc3)cc2CN2CCC[C@H](c3nncn3C)C2)c(F)c1. The van der Waals surface area contributed by atoms with E-state index in [2.05, 4.69) is 15.1 Å². The third-order valence-electron chi connectivity index (χ3n) is 6.25. The van der Waals surface area contributed by atoms with Gasteiger partial charge in [-0.3, -0.25) is 4.90 Å². The number of halogens is 1. The van der Waals surface area contributed by atoms with E-state index in [0.717, 1.165) is 43.0 Å². The van der Waals surface area contributed by atoms with Crippen LogP contribution >= 0.6 is 0 Å². The monoisotopic (exact) mass is 446 g/mol. The second-order valence-electron chi connectivity index (χ2n) is 8.50. The van der Waals surface area contributed by atoms with E-state index in [1.54, 1.807) is 18.5 Å². The van der Waals surface area contributed by atoms with Crippen molar-refractivity contribution in [2.75, 3.05) is 20.2 Å². The van der Waals surface area contributed by atoms with E-state index in [1.165, 1.54) is 13.2 Å². The van der Waals surface area contributed by atoms with E-state index in [4.69, 9.17) is 9.84 Å². The van der Waals surface area contributed by atoms with Crippen molar-refractivity contribution in [2.45, 2.75) is 25.3 Å². The number of piperidine rings is 1. The minimum atomic E-state index is -0.343. The van der Waals surface area contributed by atoms with Gasteiger partial charge in [0.2, 0.25) is 0 Å². The number of hydrogen-bond acceptors (Lipinski definition) is 5. The van der Waals surface area contributed by atoms with Crippen molar-refractivity contribution >= 4 is 0 Å². The molecule has 0 radical (unpaired) electrons. The number of methoxy groups -OCH3 is 1. The van der Waals surface area contributed by atoms with Crippen LogP contribution in [0.5, 0.6) is 5.75 Å². The molecule has 5 rings (SSSR count). The molecule has 0 unspecified atom stereocenters. The van der Waals surface area contributed by atoms with Gasteiger partial charge in [0.05, 0.1) is 12.8 Å². The van der Waals surface area contributed by atoms with E-state index < -0.39 is 0 Å². The average molecular weight is 447 g/mol. The largest absolute Gasteiger partial charge is 0.497 e. The fourth-order valence-electron chi connectivity index (χ4n) is 4.59. The molecular weight excluding hydrogens is 419 g/mol. The van der Waals surface area contributed by atoms with Crippen molar-refractivity contribution in [3.8, 4) is 22.7 Å². The van der Waals surface area contributed by atoms with Crippen LogP contribution in [-0.4, -0.2) is 49.6 Å². The van der Waals surface area contributed by atoms with Crippen molar-refractivity contribution in [2.24, 2.45) is 7.05 Å². The Morgan fingerprint density at radius 1 is 1.15 bits per heavy atom. The van der Waals surface area contributed by atoms with Crippen molar-refractivity contribution in [1.82, 2.24) is 29.4 Å². The van der Waals surface area contributed by atoms with Crippen LogP contribution < -0.4 is 4.74 Å². The molecule has 33 heavy (non-hydrogen) atoms. The Hall–Kier alpha value is -3.52. The maximum absolute atomic E-state index is 15.0. The summed E-state index contributed by atoms with van der Waals surface area (Å²) >= 11 is 0. The molecule has 0 N–H and O–H groups in total. The minimum Gasteiger partial charge on any atom is -0.497 e. The molecule has 1 saturated heterocycles. The van der Waals surface area contributed by atoms with Gasteiger partial charge in [-0.25, -0.2) is 9.07 Å². The second-order valence-corrected chi connectivity index (χ2v) is 8.50. The van der Waals surface area contributed by atoms with Crippen molar-refractivity contribution < 1.29 is 9.13 Å². The zero-order valence-corrected chi connectivity index (χ0v) is 18.9. The fourth-order valence-corrected chi connectivity index (χ4v) is 4.59. The van der Waals surface area contributed by atoms with Gasteiger partial charge in [0.1, 0.15) is 29.4 Å². The lowest BCUT2D eigenvalue weighted by Gasteiger charge is -2.32. The molecule has 1 atom stereocenters. The zero-order valence-electron chi connectivity index (χ0n) is 18.9. The molecule has 2 aromatic carbocycles. The maximum atomic E-state index is 15.0. The van der Waals surface area contributed by atoms with Gasteiger partial charge in [0, 0.05) is 49.4 Å². The highest BCUT2D eigenvalue weighted by atomic mass is 19.1. The van der Waals surface area contributed by atoms with E-state index in [0.29, 0.717) is 29.5 Å². The van der Waals surface area contributed by atoms with Gasteiger partial charge in [0.25, 0.3) is 0 Å². The molecular formula is C25H27FN6O. The van der Waals surface area contributed by atoms with Crippen molar-refractivity contribution in [1.29, 1.82) is 0 Å². The van der Waals surface area contributed by atoms with Crippen LogP contribution in [0.1, 0.15) is 30.1 Å². The van der Waals surface area contributed by atoms with Gasteiger partial charge < -0.3 is 9.30 Å². The summed E-state index contributed by atoms with van der Waals surface area (Å²) in [5.74, 6) is 1.49. The first-order chi connectivity index (χ1) is 16.1. The van der Waals surface area contributed by atoms with Crippen LogP contribution in [0.2, 0.25) is 0 Å². The molecule has 0 saturated carbocycles. The van der Waals surface area contributed by atoms with E-state index in [9.17, 15) is 0 Å². The van der Waals surface area contributed by atoms with Crippen LogP contribution in [0.3, 0.4) is 0 Å². The third kappa shape index (κ3) is 4.39. The summed E-state index contributed by atoms with van der Waals surface area (Å²) in [4.78, 5) is 2.40. The summed E-state index contributed by atoms with van der Waals surface area (Å²) in [6.45, 7) is 2.55. The number of hydrogen-bond donors (Lipinski definition) is 0. The summed E-state index contributed by atoms with van der Waals surface area (Å²) in [6.07, 6.45) is 5.94. The second kappa shape index (κ2) is 9.15. The smallest absolute Gasteiger partial charge is 0.136 e. The zero-order chi connectivity index (χ0) is 22.8. The lowest BCUT2D eigenvalue weighted by atomic mass is 9.96. The van der Waals surface area contributed by atoms with Gasteiger partial charge in [-0.05, 0) is 43.7 Å². The quantitative estimate of drug-likeness (QED) is 0.444. The van der Waals surface area contributed by atoms with E-state index in [1.807, 2.05) is 52.8 Å². The van der Waals surface area contributed by atoms with Crippen LogP contribution in [0.4, 0.5) is 4.39 Å². The molecule has 0 bridgehead atoms. The topological polar surface area (TPSA) is 61.0 Å². The number of rotatable bonds is 6. The Labute approximate surface area is 192 Å². The molecule has 0 spiro atoms. The molecule has 170 valence electrons. The highest BCUT2D eigenvalue weighted by molar-refractivity contribution is 5.65. The van der Waals surface area contributed by atoms with Crippen LogP contribution in [0.15, 0.2) is 61.1 Å². The predicted octanol–water partition coefficient (Wildman–Crippen LogP) is 4.20. The van der Waals surface area contributed by atoms with Gasteiger partial charge >= 0.3 is 0 Å².